The van der Waals surface area contributed by atoms with E-state index in [0.29, 0.717) is 12.2 Å². The highest BCUT2D eigenvalue weighted by atomic mass is 16.8. The third-order valence-electron chi connectivity index (χ3n) is 6.19. The highest BCUT2D eigenvalue weighted by molar-refractivity contribution is 4.84. The van der Waals surface area contributed by atoms with Crippen molar-refractivity contribution in [3.05, 3.63) is 0 Å². The van der Waals surface area contributed by atoms with Crippen LogP contribution in [-0.4, -0.2) is 37.0 Å². The van der Waals surface area contributed by atoms with E-state index in [1.54, 1.807) is 0 Å². The molecule has 0 aromatic rings. The van der Waals surface area contributed by atoms with Crippen LogP contribution in [0.15, 0.2) is 0 Å². The molecule has 2 aliphatic carbocycles. The van der Waals surface area contributed by atoms with Gasteiger partial charge >= 0.3 is 0 Å². The van der Waals surface area contributed by atoms with Gasteiger partial charge in [0, 0.05) is 0 Å². The van der Waals surface area contributed by atoms with Gasteiger partial charge in [-0.25, -0.2) is 0 Å². The molecule has 2 unspecified atom stereocenters. The lowest BCUT2D eigenvalue weighted by atomic mass is 9.76. The summed E-state index contributed by atoms with van der Waals surface area (Å²) < 4.78 is 22.8. The summed E-state index contributed by atoms with van der Waals surface area (Å²) in [7, 11) is 0. The van der Waals surface area contributed by atoms with E-state index in [1.807, 2.05) is 0 Å². The van der Waals surface area contributed by atoms with Gasteiger partial charge in [-0.05, 0) is 83.5 Å². The molecular weight excluding hydrogens is 292 g/mol. The fraction of sp³-hybridized carbons (Fsp3) is 1.00. The quantitative estimate of drug-likeness (QED) is 0.692. The van der Waals surface area contributed by atoms with Crippen LogP contribution < -0.4 is 0 Å². The first-order valence-electron chi connectivity index (χ1n) is 9.65. The molecule has 0 aromatic carbocycles. The summed E-state index contributed by atoms with van der Waals surface area (Å²) in [5.74, 6) is 1.35. The predicted octanol–water partition coefficient (Wildman–Crippen LogP) is 4.02. The van der Waals surface area contributed by atoms with Crippen LogP contribution in [0.1, 0.15) is 71.6 Å². The molecule has 2 saturated heterocycles. The number of hydrogen-bond acceptors (Lipinski definition) is 4. The zero-order valence-electron chi connectivity index (χ0n) is 14.7. The first kappa shape index (κ1) is 16.3. The van der Waals surface area contributed by atoms with Gasteiger partial charge in [-0.1, -0.05) is 0 Å². The van der Waals surface area contributed by atoms with E-state index in [-0.39, 0.29) is 11.6 Å². The zero-order chi connectivity index (χ0) is 15.9. The average molecular weight is 324 g/mol. The van der Waals surface area contributed by atoms with E-state index in [2.05, 4.69) is 13.8 Å². The Morgan fingerprint density at radius 2 is 1.04 bits per heavy atom. The largest absolute Gasteiger partial charge is 0.345 e. The van der Waals surface area contributed by atoms with Crippen LogP contribution in [0.3, 0.4) is 0 Å². The fourth-order valence-corrected chi connectivity index (χ4v) is 4.49. The molecule has 0 radical (unpaired) electrons. The van der Waals surface area contributed by atoms with Gasteiger partial charge in [-0.2, -0.15) is 0 Å². The molecule has 0 spiro atoms. The number of hydrogen-bond donors (Lipinski definition) is 0. The summed E-state index contributed by atoms with van der Waals surface area (Å²) in [5, 5.41) is 0. The van der Waals surface area contributed by atoms with Crippen molar-refractivity contribution >= 4 is 0 Å². The van der Waals surface area contributed by atoms with Crippen LogP contribution in [0, 0.1) is 11.8 Å². The van der Waals surface area contributed by atoms with E-state index >= 15 is 0 Å². The molecule has 2 aliphatic heterocycles. The summed E-state index contributed by atoms with van der Waals surface area (Å²) in [6.45, 7) is 5.68. The second kappa shape index (κ2) is 6.29. The Morgan fingerprint density at radius 1 is 0.696 bits per heavy atom. The highest BCUT2D eigenvalue weighted by Gasteiger charge is 2.44. The Balaban J connectivity index is 1.13. The summed E-state index contributed by atoms with van der Waals surface area (Å²) in [6, 6.07) is 0. The van der Waals surface area contributed by atoms with Gasteiger partial charge in [-0.3, -0.25) is 0 Å². The lowest BCUT2D eigenvalue weighted by Crippen LogP contribution is -2.30. The van der Waals surface area contributed by atoms with Gasteiger partial charge in [0.2, 0.25) is 0 Å². The van der Waals surface area contributed by atoms with Gasteiger partial charge in [0.1, 0.15) is 13.2 Å². The van der Waals surface area contributed by atoms with Crippen molar-refractivity contribution in [2.24, 2.45) is 11.8 Å². The lowest BCUT2D eigenvalue weighted by molar-refractivity contribution is -0.0992. The van der Waals surface area contributed by atoms with E-state index in [1.165, 1.54) is 57.8 Å². The average Bonchev–Trinajstić information content (AvgIpc) is 3.44. The third-order valence-corrected chi connectivity index (χ3v) is 6.19. The van der Waals surface area contributed by atoms with Gasteiger partial charge in [0.25, 0.3) is 0 Å². The minimum atomic E-state index is -0.238. The van der Waals surface area contributed by atoms with Crippen LogP contribution in [0.5, 0.6) is 0 Å². The first-order chi connectivity index (χ1) is 11.0. The Kier molecular flexibility index (Phi) is 4.46. The Hall–Kier alpha value is -0.160. The van der Waals surface area contributed by atoms with Crippen LogP contribution in [-0.2, 0) is 18.9 Å². The maximum Gasteiger partial charge on any atom is 0.189 e. The smallest absolute Gasteiger partial charge is 0.189 e. The normalized spacial score (nSPS) is 49.8. The minimum Gasteiger partial charge on any atom is -0.345 e. The van der Waals surface area contributed by atoms with Crippen molar-refractivity contribution in [1.29, 1.82) is 0 Å². The Labute approximate surface area is 140 Å². The molecule has 4 rings (SSSR count). The van der Waals surface area contributed by atoms with Crippen molar-refractivity contribution < 1.29 is 18.9 Å². The van der Waals surface area contributed by atoms with Gasteiger partial charge in [-0.15, -0.1) is 0 Å². The molecule has 4 nitrogen and oxygen atoms in total. The molecule has 0 aromatic heterocycles. The van der Waals surface area contributed by atoms with Crippen molar-refractivity contribution in [2.75, 3.05) is 13.2 Å². The fourth-order valence-electron chi connectivity index (χ4n) is 4.49. The van der Waals surface area contributed by atoms with E-state index < -0.39 is 0 Å². The van der Waals surface area contributed by atoms with Crippen molar-refractivity contribution in [3.63, 3.8) is 0 Å². The molecule has 132 valence electrons. The lowest BCUT2D eigenvalue weighted by Gasteiger charge is -2.34. The van der Waals surface area contributed by atoms with Gasteiger partial charge in [0.05, 0.1) is 12.2 Å². The van der Waals surface area contributed by atoms with Gasteiger partial charge in [0.15, 0.2) is 11.6 Å². The summed E-state index contributed by atoms with van der Waals surface area (Å²) in [6.07, 6.45) is 12.5. The number of epoxide rings is 2. The molecule has 2 heterocycles. The molecule has 0 amide bonds. The number of rotatable bonds is 6. The highest BCUT2D eigenvalue weighted by Crippen LogP contribution is 2.40. The van der Waals surface area contributed by atoms with Crippen LogP contribution in [0.2, 0.25) is 0 Å². The predicted molar refractivity (Wildman–Crippen MR) is 87.0 cm³/mol. The minimum absolute atomic E-state index is 0.238. The topological polar surface area (TPSA) is 43.5 Å². The first-order valence-corrected chi connectivity index (χ1v) is 9.65. The summed E-state index contributed by atoms with van der Waals surface area (Å²) >= 11 is 0. The van der Waals surface area contributed by atoms with Gasteiger partial charge < -0.3 is 18.9 Å². The maximum atomic E-state index is 6.04. The standard InChI is InChI=1S/C19H32O4/c1-18(12-20-18)22-16-7-3-14(4-8-16)11-15-5-9-17(10-6-15)23-19(2)13-21-19/h14-17H,3-13H2,1-2H3. The summed E-state index contributed by atoms with van der Waals surface area (Å²) in [5.41, 5.74) is 0. The molecule has 0 N–H and O–H groups in total. The maximum absolute atomic E-state index is 6.04. The van der Waals surface area contributed by atoms with Crippen LogP contribution >= 0.6 is 0 Å². The second-order valence-electron chi connectivity index (χ2n) is 8.60. The van der Waals surface area contributed by atoms with Crippen LogP contribution in [0.4, 0.5) is 0 Å². The Morgan fingerprint density at radius 3 is 1.35 bits per heavy atom. The molecule has 4 fully saturated rings. The summed E-state index contributed by atoms with van der Waals surface area (Å²) in [4.78, 5) is 0. The molecule has 23 heavy (non-hydrogen) atoms. The SMILES string of the molecule is CC1(OC2CCC(CC3CCC(OC4(C)CO4)CC3)CC2)CO1. The molecular formula is C19H32O4. The van der Waals surface area contributed by atoms with Crippen molar-refractivity contribution in [1.82, 2.24) is 0 Å². The monoisotopic (exact) mass is 324 g/mol. The molecule has 2 saturated carbocycles. The Bertz CT molecular complexity index is 362. The van der Waals surface area contributed by atoms with Crippen molar-refractivity contribution in [3.8, 4) is 0 Å². The van der Waals surface area contributed by atoms with Crippen molar-refractivity contribution in [2.45, 2.75) is 95.4 Å². The molecule has 2 atom stereocenters. The number of ether oxygens (including phenoxy) is 4. The van der Waals surface area contributed by atoms with E-state index in [9.17, 15) is 0 Å². The molecule has 0 bridgehead atoms. The third kappa shape index (κ3) is 4.47. The van der Waals surface area contributed by atoms with Crippen LogP contribution in [0.25, 0.3) is 0 Å². The van der Waals surface area contributed by atoms with E-state index in [0.717, 1.165) is 25.0 Å². The molecule has 4 heteroatoms. The van der Waals surface area contributed by atoms with E-state index in [4.69, 9.17) is 18.9 Å². The second-order valence-corrected chi connectivity index (χ2v) is 8.60. The zero-order valence-corrected chi connectivity index (χ0v) is 14.7. The molecule has 4 aliphatic rings.